The van der Waals surface area contributed by atoms with Crippen molar-refractivity contribution >= 4 is 11.6 Å². The minimum atomic E-state index is -0.0960. The summed E-state index contributed by atoms with van der Waals surface area (Å²) in [6.07, 6.45) is 4.35. The zero-order valence-electron chi connectivity index (χ0n) is 18.5. The van der Waals surface area contributed by atoms with Crippen LogP contribution in [-0.2, 0) is 4.74 Å². The topological polar surface area (TPSA) is 62.6 Å². The smallest absolute Gasteiger partial charge is 0.191 e. The number of benzene rings is 1. The van der Waals surface area contributed by atoms with Gasteiger partial charge in [-0.3, -0.25) is 9.78 Å². The fourth-order valence-electron chi connectivity index (χ4n) is 3.87. The third kappa shape index (κ3) is 4.52. The van der Waals surface area contributed by atoms with E-state index in [2.05, 4.69) is 23.4 Å². The Kier molecular flexibility index (Phi) is 6.82. The zero-order valence-corrected chi connectivity index (χ0v) is 19.3. The van der Waals surface area contributed by atoms with Crippen LogP contribution in [0.15, 0.2) is 53.6 Å². The first-order valence-corrected chi connectivity index (χ1v) is 11.1. The monoisotopic (exact) mass is 454 g/mol. The van der Waals surface area contributed by atoms with Crippen LogP contribution in [0, 0.1) is 5.92 Å². The summed E-state index contributed by atoms with van der Waals surface area (Å²) in [5, 5.41) is 0.473. The van der Waals surface area contributed by atoms with E-state index in [1.807, 2.05) is 36.5 Å². The van der Waals surface area contributed by atoms with Crippen LogP contribution in [-0.4, -0.2) is 36.5 Å². The highest BCUT2D eigenvalue weighted by Crippen LogP contribution is 2.42. The Morgan fingerprint density at radius 1 is 1.22 bits per heavy atom. The van der Waals surface area contributed by atoms with Crippen molar-refractivity contribution in [2.24, 2.45) is 5.92 Å². The second-order valence-corrected chi connectivity index (χ2v) is 8.56. The molecule has 0 amide bonds. The molecule has 2 aromatic heterocycles. The molecular formula is C25H27ClN2O4. The van der Waals surface area contributed by atoms with Crippen LogP contribution in [0.5, 0.6) is 11.5 Å². The Morgan fingerprint density at radius 2 is 2.06 bits per heavy atom. The van der Waals surface area contributed by atoms with Crippen molar-refractivity contribution in [3.05, 3.63) is 64.0 Å². The van der Waals surface area contributed by atoms with Crippen molar-refractivity contribution in [1.82, 2.24) is 9.55 Å². The molecule has 3 heterocycles. The molecule has 1 atom stereocenters. The molecule has 1 aliphatic rings. The second-order valence-electron chi connectivity index (χ2n) is 8.15. The molecule has 0 unspecified atom stereocenters. The summed E-state index contributed by atoms with van der Waals surface area (Å²) < 4.78 is 19.2. The van der Waals surface area contributed by atoms with Gasteiger partial charge < -0.3 is 18.8 Å². The molecule has 1 aliphatic heterocycles. The lowest BCUT2D eigenvalue weighted by Crippen LogP contribution is -2.23. The number of pyridine rings is 2. The minimum absolute atomic E-state index is 0.0327. The van der Waals surface area contributed by atoms with E-state index in [1.54, 1.807) is 19.4 Å². The van der Waals surface area contributed by atoms with Crippen molar-refractivity contribution in [3.8, 4) is 34.0 Å². The predicted octanol–water partition coefficient (Wildman–Crippen LogP) is 5.24. The maximum Gasteiger partial charge on any atom is 0.191 e. The van der Waals surface area contributed by atoms with E-state index in [0.29, 0.717) is 47.6 Å². The van der Waals surface area contributed by atoms with Gasteiger partial charge in [-0.2, -0.15) is 0 Å². The SMILES string of the molecule is COCCCOc1cc2c(cc1Cl)-c1cc(=O)c(-c3ccccn3)cn1[C@H](C(C)C)CO2. The molecule has 0 fully saturated rings. The summed E-state index contributed by atoms with van der Waals surface area (Å²) in [6.45, 7) is 5.86. The number of aromatic nitrogens is 2. The lowest BCUT2D eigenvalue weighted by molar-refractivity contribution is 0.172. The van der Waals surface area contributed by atoms with E-state index in [1.165, 1.54) is 0 Å². The molecular weight excluding hydrogens is 428 g/mol. The molecule has 168 valence electrons. The van der Waals surface area contributed by atoms with Gasteiger partial charge in [0.25, 0.3) is 0 Å². The average Bonchev–Trinajstić information content (AvgIpc) is 2.93. The minimum Gasteiger partial charge on any atom is -0.492 e. The van der Waals surface area contributed by atoms with Gasteiger partial charge in [0.15, 0.2) is 5.43 Å². The second kappa shape index (κ2) is 9.76. The number of hydrogen-bond acceptors (Lipinski definition) is 5. The van der Waals surface area contributed by atoms with Gasteiger partial charge in [-0.05, 0) is 24.1 Å². The first kappa shape index (κ1) is 22.4. The van der Waals surface area contributed by atoms with Gasteiger partial charge >= 0.3 is 0 Å². The van der Waals surface area contributed by atoms with E-state index in [0.717, 1.165) is 17.7 Å². The molecule has 0 saturated heterocycles. The number of ether oxygens (including phenoxy) is 3. The first-order chi connectivity index (χ1) is 15.5. The van der Waals surface area contributed by atoms with Crippen LogP contribution in [0.2, 0.25) is 5.02 Å². The summed E-state index contributed by atoms with van der Waals surface area (Å²) in [4.78, 5) is 17.5. The summed E-state index contributed by atoms with van der Waals surface area (Å²) >= 11 is 6.55. The molecule has 0 N–H and O–H groups in total. The van der Waals surface area contributed by atoms with Crippen LogP contribution in [0.4, 0.5) is 0 Å². The Labute approximate surface area is 192 Å². The highest BCUT2D eigenvalue weighted by atomic mass is 35.5. The van der Waals surface area contributed by atoms with E-state index < -0.39 is 0 Å². The molecule has 0 spiro atoms. The molecule has 7 heteroatoms. The maximum absolute atomic E-state index is 13.1. The lowest BCUT2D eigenvalue weighted by atomic mass is 10.0. The number of nitrogens with zero attached hydrogens (tertiary/aromatic N) is 2. The van der Waals surface area contributed by atoms with Gasteiger partial charge in [0.1, 0.15) is 18.1 Å². The summed E-state index contributed by atoms with van der Waals surface area (Å²) in [7, 11) is 1.66. The van der Waals surface area contributed by atoms with Gasteiger partial charge in [-0.15, -0.1) is 0 Å². The van der Waals surface area contributed by atoms with Crippen molar-refractivity contribution in [2.45, 2.75) is 26.3 Å². The zero-order chi connectivity index (χ0) is 22.7. The third-order valence-corrected chi connectivity index (χ3v) is 5.91. The quantitative estimate of drug-likeness (QED) is 0.457. The molecule has 32 heavy (non-hydrogen) atoms. The van der Waals surface area contributed by atoms with Crippen LogP contribution in [0.1, 0.15) is 26.3 Å². The Hall–Kier alpha value is -2.83. The molecule has 6 nitrogen and oxygen atoms in total. The summed E-state index contributed by atoms with van der Waals surface area (Å²) in [5.41, 5.74) is 2.66. The molecule has 3 aromatic rings. The van der Waals surface area contributed by atoms with Crippen molar-refractivity contribution in [3.63, 3.8) is 0 Å². The highest BCUT2D eigenvalue weighted by Gasteiger charge is 2.27. The average molecular weight is 455 g/mol. The van der Waals surface area contributed by atoms with Gasteiger partial charge in [0.05, 0.1) is 34.6 Å². The van der Waals surface area contributed by atoms with Crippen molar-refractivity contribution in [1.29, 1.82) is 0 Å². The van der Waals surface area contributed by atoms with Crippen LogP contribution in [0.3, 0.4) is 0 Å². The Morgan fingerprint density at radius 3 is 2.78 bits per heavy atom. The number of rotatable bonds is 7. The first-order valence-electron chi connectivity index (χ1n) is 10.8. The van der Waals surface area contributed by atoms with Gasteiger partial charge in [0.2, 0.25) is 0 Å². The molecule has 1 aromatic carbocycles. The molecule has 0 saturated carbocycles. The van der Waals surface area contributed by atoms with E-state index in [9.17, 15) is 4.79 Å². The van der Waals surface area contributed by atoms with Crippen LogP contribution in [0.25, 0.3) is 22.5 Å². The van der Waals surface area contributed by atoms with E-state index in [-0.39, 0.29) is 17.4 Å². The largest absolute Gasteiger partial charge is 0.492 e. The van der Waals surface area contributed by atoms with Crippen LogP contribution >= 0.6 is 11.6 Å². The van der Waals surface area contributed by atoms with Crippen LogP contribution < -0.4 is 14.9 Å². The van der Waals surface area contributed by atoms with E-state index >= 15 is 0 Å². The normalized spacial score (nSPS) is 15.0. The number of methoxy groups -OCH3 is 1. The van der Waals surface area contributed by atoms with Crippen molar-refractivity contribution < 1.29 is 14.2 Å². The molecule has 0 bridgehead atoms. The summed E-state index contributed by atoms with van der Waals surface area (Å²) in [6, 6.07) is 10.9. The molecule has 0 radical (unpaired) electrons. The van der Waals surface area contributed by atoms with Gasteiger partial charge in [0, 0.05) is 50.2 Å². The molecule has 4 rings (SSSR count). The molecule has 0 aliphatic carbocycles. The third-order valence-electron chi connectivity index (χ3n) is 5.62. The highest BCUT2D eigenvalue weighted by molar-refractivity contribution is 6.32. The predicted molar refractivity (Wildman–Crippen MR) is 126 cm³/mol. The van der Waals surface area contributed by atoms with Gasteiger partial charge in [-0.1, -0.05) is 31.5 Å². The van der Waals surface area contributed by atoms with E-state index in [4.69, 9.17) is 25.8 Å². The standard InChI is InChI=1S/C25H27ClN2O4/c1-16(2)22-15-32-24-13-25(31-10-6-9-30-3)19(26)11-17(24)21-12-23(29)18(14-28(21)22)20-7-4-5-8-27-20/h4-5,7-8,11-14,16,22H,6,9-10,15H2,1-3H3/t22-/m0/s1. The summed E-state index contributed by atoms with van der Waals surface area (Å²) in [5.74, 6) is 1.49. The Balaban J connectivity index is 1.81. The van der Waals surface area contributed by atoms with Gasteiger partial charge in [-0.25, -0.2) is 0 Å². The lowest BCUT2D eigenvalue weighted by Gasteiger charge is -2.24. The number of halogens is 1. The maximum atomic E-state index is 13.1. The van der Waals surface area contributed by atoms with Crippen molar-refractivity contribution in [2.75, 3.05) is 26.9 Å². The fraction of sp³-hybridized carbons (Fsp3) is 0.360. The fourth-order valence-corrected chi connectivity index (χ4v) is 4.09. The Bertz CT molecular complexity index is 1140. The number of fused-ring (bicyclic) bond motifs is 3. The number of hydrogen-bond donors (Lipinski definition) is 0.